The number of aliphatic hydroxyl groups is 1. The third-order valence-corrected chi connectivity index (χ3v) is 4.87. The Labute approximate surface area is 140 Å². The summed E-state index contributed by atoms with van der Waals surface area (Å²) in [6, 6.07) is 10.5. The molecule has 1 fully saturated rings. The molecule has 1 N–H and O–H groups in total. The van der Waals surface area contributed by atoms with E-state index in [1.807, 2.05) is 12.1 Å². The van der Waals surface area contributed by atoms with Gasteiger partial charge in [0.2, 0.25) is 0 Å². The van der Waals surface area contributed by atoms with E-state index in [4.69, 9.17) is 0 Å². The van der Waals surface area contributed by atoms with Crippen LogP contribution in [0.1, 0.15) is 43.1 Å². The Morgan fingerprint density at radius 1 is 1.13 bits per heavy atom. The molecule has 23 heavy (non-hydrogen) atoms. The third kappa shape index (κ3) is 3.91. The van der Waals surface area contributed by atoms with Crippen LogP contribution in [0.15, 0.2) is 42.7 Å². The molecule has 1 unspecified atom stereocenters. The highest BCUT2D eigenvalue weighted by molar-refractivity contribution is 5.50. The summed E-state index contributed by atoms with van der Waals surface area (Å²) in [7, 11) is 0. The Balaban J connectivity index is 0.00000192. The summed E-state index contributed by atoms with van der Waals surface area (Å²) in [5.74, 6) is 0.326. The number of rotatable bonds is 3. The van der Waals surface area contributed by atoms with Gasteiger partial charge >= 0.3 is 0 Å². The Kier molecular flexibility index (Phi) is 5.78. The fraction of sp³-hybridized carbons (Fsp3) is 0.450. The predicted octanol–water partition coefficient (Wildman–Crippen LogP) is 4.28. The zero-order valence-electron chi connectivity index (χ0n) is 13.4. The molecule has 0 amide bonds. The summed E-state index contributed by atoms with van der Waals surface area (Å²) in [5.41, 5.74) is 4.92. The van der Waals surface area contributed by atoms with Gasteiger partial charge in [-0.3, -0.25) is 4.98 Å². The zero-order valence-corrected chi connectivity index (χ0v) is 13.4. The van der Waals surface area contributed by atoms with E-state index in [-0.39, 0.29) is 7.43 Å². The minimum atomic E-state index is -0.393. The van der Waals surface area contributed by atoms with Crippen molar-refractivity contribution in [3.8, 4) is 0 Å². The van der Waals surface area contributed by atoms with Crippen LogP contribution in [0.25, 0.3) is 0 Å². The molecule has 0 saturated carbocycles. The van der Waals surface area contributed by atoms with Crippen molar-refractivity contribution in [1.29, 1.82) is 0 Å². The number of nitrogens with zero attached hydrogens (tertiary/aromatic N) is 2. The van der Waals surface area contributed by atoms with Gasteiger partial charge in [0.05, 0.1) is 6.10 Å². The van der Waals surface area contributed by atoms with E-state index in [9.17, 15) is 5.11 Å². The molecule has 0 bridgehead atoms. The molecule has 124 valence electrons. The number of benzene rings is 1. The molecular formula is C20H28N2O. The molecule has 1 aromatic carbocycles. The summed E-state index contributed by atoms with van der Waals surface area (Å²) in [4.78, 5) is 6.54. The van der Waals surface area contributed by atoms with Crippen LogP contribution in [0.5, 0.6) is 0 Å². The number of aryl methyl sites for hydroxylation is 2. The highest BCUT2D eigenvalue weighted by Gasteiger charge is 2.26. The van der Waals surface area contributed by atoms with Crippen LogP contribution in [-0.2, 0) is 0 Å². The first-order valence-electron chi connectivity index (χ1n) is 8.05. The van der Waals surface area contributed by atoms with Crippen molar-refractivity contribution in [2.75, 3.05) is 18.0 Å². The molecule has 1 saturated heterocycles. The molecule has 0 radical (unpaired) electrons. The van der Waals surface area contributed by atoms with Gasteiger partial charge in [0.1, 0.15) is 0 Å². The summed E-state index contributed by atoms with van der Waals surface area (Å²) in [6.07, 6.45) is 5.17. The SMILES string of the molecule is C.Cc1ccc(N2CCC(C(O)c3cccnc3)CC2)cc1C. The van der Waals surface area contributed by atoms with E-state index in [0.717, 1.165) is 31.5 Å². The standard InChI is InChI=1S/C19H24N2O.CH4/c1-14-5-6-18(12-15(14)2)21-10-7-16(8-11-21)19(22)17-4-3-9-20-13-17;/h3-6,9,12-13,16,19,22H,7-8,10-11H2,1-2H3;1H4. The Bertz CT molecular complexity index is 619. The van der Waals surface area contributed by atoms with E-state index in [1.54, 1.807) is 12.4 Å². The molecule has 3 nitrogen and oxygen atoms in total. The molecule has 3 heteroatoms. The van der Waals surface area contributed by atoms with Crippen molar-refractivity contribution in [3.63, 3.8) is 0 Å². The van der Waals surface area contributed by atoms with E-state index in [2.05, 4.69) is 41.9 Å². The number of anilines is 1. The van der Waals surface area contributed by atoms with Gasteiger partial charge in [0.15, 0.2) is 0 Å². The highest BCUT2D eigenvalue weighted by Crippen LogP contribution is 2.32. The largest absolute Gasteiger partial charge is 0.388 e. The van der Waals surface area contributed by atoms with Crippen molar-refractivity contribution >= 4 is 5.69 Å². The number of aromatic nitrogens is 1. The van der Waals surface area contributed by atoms with Crippen LogP contribution < -0.4 is 4.90 Å². The predicted molar refractivity (Wildman–Crippen MR) is 96.8 cm³/mol. The van der Waals surface area contributed by atoms with Gasteiger partial charge in [-0.05, 0) is 67.5 Å². The van der Waals surface area contributed by atoms with E-state index >= 15 is 0 Å². The van der Waals surface area contributed by atoms with Crippen molar-refractivity contribution in [3.05, 3.63) is 59.4 Å². The van der Waals surface area contributed by atoms with Gasteiger partial charge in [-0.25, -0.2) is 0 Å². The Morgan fingerprint density at radius 2 is 1.87 bits per heavy atom. The molecule has 1 atom stereocenters. The van der Waals surface area contributed by atoms with Crippen molar-refractivity contribution in [1.82, 2.24) is 4.98 Å². The van der Waals surface area contributed by atoms with Gasteiger partial charge in [0.25, 0.3) is 0 Å². The van der Waals surface area contributed by atoms with E-state index in [0.29, 0.717) is 5.92 Å². The topological polar surface area (TPSA) is 36.4 Å². The molecule has 0 spiro atoms. The van der Waals surface area contributed by atoms with Gasteiger partial charge in [-0.15, -0.1) is 0 Å². The molecule has 2 heterocycles. The van der Waals surface area contributed by atoms with Crippen LogP contribution in [0.3, 0.4) is 0 Å². The summed E-state index contributed by atoms with van der Waals surface area (Å²) in [5, 5.41) is 10.5. The number of pyridine rings is 1. The number of aliphatic hydroxyl groups excluding tert-OH is 1. The molecular weight excluding hydrogens is 284 g/mol. The first kappa shape index (κ1) is 17.5. The maximum absolute atomic E-state index is 10.5. The second-order valence-electron chi connectivity index (χ2n) is 6.32. The minimum absolute atomic E-state index is 0. The average Bonchev–Trinajstić information content (AvgIpc) is 2.58. The van der Waals surface area contributed by atoms with Crippen LogP contribution >= 0.6 is 0 Å². The van der Waals surface area contributed by atoms with Gasteiger partial charge in [0, 0.05) is 31.2 Å². The maximum Gasteiger partial charge on any atom is 0.0834 e. The lowest BCUT2D eigenvalue weighted by molar-refractivity contribution is 0.0926. The molecule has 2 aromatic rings. The zero-order chi connectivity index (χ0) is 15.5. The van der Waals surface area contributed by atoms with Crippen molar-refractivity contribution in [2.45, 2.75) is 40.2 Å². The smallest absolute Gasteiger partial charge is 0.0834 e. The van der Waals surface area contributed by atoms with Gasteiger partial charge in [-0.1, -0.05) is 19.6 Å². The Morgan fingerprint density at radius 3 is 2.48 bits per heavy atom. The maximum atomic E-state index is 10.5. The van der Waals surface area contributed by atoms with Gasteiger partial charge < -0.3 is 10.0 Å². The third-order valence-electron chi connectivity index (χ3n) is 4.87. The highest BCUT2D eigenvalue weighted by atomic mass is 16.3. The second-order valence-corrected chi connectivity index (χ2v) is 6.32. The fourth-order valence-corrected chi connectivity index (χ4v) is 3.22. The quantitative estimate of drug-likeness (QED) is 0.918. The lowest BCUT2D eigenvalue weighted by Gasteiger charge is -2.36. The number of hydrogen-bond acceptors (Lipinski definition) is 3. The first-order chi connectivity index (χ1) is 10.6. The minimum Gasteiger partial charge on any atom is -0.388 e. The normalized spacial score (nSPS) is 16.7. The van der Waals surface area contributed by atoms with E-state index < -0.39 is 6.10 Å². The van der Waals surface area contributed by atoms with Crippen molar-refractivity contribution in [2.24, 2.45) is 5.92 Å². The van der Waals surface area contributed by atoms with Crippen LogP contribution in [-0.4, -0.2) is 23.2 Å². The van der Waals surface area contributed by atoms with Crippen LogP contribution in [0, 0.1) is 19.8 Å². The molecule has 1 aromatic heterocycles. The number of hydrogen-bond donors (Lipinski definition) is 1. The lowest BCUT2D eigenvalue weighted by atomic mass is 9.88. The van der Waals surface area contributed by atoms with Crippen LogP contribution in [0.2, 0.25) is 0 Å². The fourth-order valence-electron chi connectivity index (χ4n) is 3.22. The summed E-state index contributed by atoms with van der Waals surface area (Å²) in [6.45, 7) is 6.32. The molecule has 1 aliphatic rings. The van der Waals surface area contributed by atoms with Gasteiger partial charge in [-0.2, -0.15) is 0 Å². The monoisotopic (exact) mass is 312 g/mol. The van der Waals surface area contributed by atoms with Crippen molar-refractivity contribution < 1.29 is 5.11 Å². The molecule has 0 aliphatic carbocycles. The lowest BCUT2D eigenvalue weighted by Crippen LogP contribution is -2.35. The molecule has 1 aliphatic heterocycles. The second kappa shape index (κ2) is 7.60. The average molecular weight is 312 g/mol. The first-order valence-corrected chi connectivity index (χ1v) is 8.05. The summed E-state index contributed by atoms with van der Waals surface area (Å²) < 4.78 is 0. The summed E-state index contributed by atoms with van der Waals surface area (Å²) >= 11 is 0. The Hall–Kier alpha value is -1.87. The van der Waals surface area contributed by atoms with E-state index in [1.165, 1.54) is 16.8 Å². The van der Waals surface area contributed by atoms with Crippen LogP contribution in [0.4, 0.5) is 5.69 Å². The number of piperidine rings is 1. The molecule has 3 rings (SSSR count).